The van der Waals surface area contributed by atoms with Gasteiger partial charge < -0.3 is 5.73 Å². The van der Waals surface area contributed by atoms with E-state index >= 15 is 0 Å². The van der Waals surface area contributed by atoms with Gasteiger partial charge in [-0.15, -0.1) is 0 Å². The standard InChI is InChI=1S/C14H20N4O3S/c15-12-4-6-13(7-5-12)22(20,21)17-14(19)16-18-8-10-2-1-3-11(10)9-18/h4-7,10-11H,1-3,8-9,15H2,(H2,16,17,19). The van der Waals surface area contributed by atoms with Crippen LogP contribution in [0.15, 0.2) is 29.2 Å². The van der Waals surface area contributed by atoms with Crippen LogP contribution in [0, 0.1) is 11.8 Å². The molecule has 1 saturated carbocycles. The van der Waals surface area contributed by atoms with E-state index in [4.69, 9.17) is 5.73 Å². The first kappa shape index (κ1) is 15.1. The van der Waals surface area contributed by atoms with Crippen molar-refractivity contribution in [3.05, 3.63) is 24.3 Å². The topological polar surface area (TPSA) is 105 Å². The minimum atomic E-state index is -3.88. The van der Waals surface area contributed by atoms with Gasteiger partial charge in [-0.2, -0.15) is 0 Å². The number of hydrogen-bond acceptors (Lipinski definition) is 5. The average Bonchev–Trinajstić information content (AvgIpc) is 2.99. The van der Waals surface area contributed by atoms with E-state index in [0.717, 1.165) is 13.1 Å². The number of nitrogens with two attached hydrogens (primary N) is 1. The number of nitrogens with zero attached hydrogens (tertiary/aromatic N) is 1. The van der Waals surface area contributed by atoms with E-state index in [0.29, 0.717) is 17.5 Å². The number of anilines is 1. The van der Waals surface area contributed by atoms with Crippen molar-refractivity contribution in [3.63, 3.8) is 0 Å². The summed E-state index contributed by atoms with van der Waals surface area (Å²) in [4.78, 5) is 11.9. The molecule has 2 fully saturated rings. The third kappa shape index (κ3) is 3.17. The maximum Gasteiger partial charge on any atom is 0.343 e. The van der Waals surface area contributed by atoms with Crippen molar-refractivity contribution in [2.45, 2.75) is 24.2 Å². The van der Waals surface area contributed by atoms with Gasteiger partial charge in [0.1, 0.15) is 0 Å². The lowest BCUT2D eigenvalue weighted by atomic mass is 10.0. The third-order valence-electron chi connectivity index (χ3n) is 4.40. The monoisotopic (exact) mass is 324 g/mol. The van der Waals surface area contributed by atoms with Gasteiger partial charge in [0, 0.05) is 18.8 Å². The number of fused-ring (bicyclic) bond motifs is 1. The predicted octanol–water partition coefficient (Wildman–Crippen LogP) is 0.904. The van der Waals surface area contributed by atoms with Gasteiger partial charge in [-0.05, 0) is 48.9 Å². The van der Waals surface area contributed by atoms with Crippen LogP contribution in [-0.2, 0) is 10.0 Å². The largest absolute Gasteiger partial charge is 0.399 e. The number of rotatable bonds is 3. The quantitative estimate of drug-likeness (QED) is 0.717. The van der Waals surface area contributed by atoms with E-state index in [9.17, 15) is 13.2 Å². The fourth-order valence-corrected chi connectivity index (χ4v) is 4.22. The van der Waals surface area contributed by atoms with Crippen LogP contribution in [-0.4, -0.2) is 32.5 Å². The van der Waals surface area contributed by atoms with Crippen molar-refractivity contribution in [1.29, 1.82) is 0 Å². The van der Waals surface area contributed by atoms with Crippen molar-refractivity contribution in [2.24, 2.45) is 11.8 Å². The van der Waals surface area contributed by atoms with Crippen molar-refractivity contribution >= 4 is 21.7 Å². The Morgan fingerprint density at radius 3 is 2.32 bits per heavy atom. The highest BCUT2D eigenvalue weighted by molar-refractivity contribution is 7.90. The number of nitrogen functional groups attached to an aromatic ring is 1. The normalized spacial score (nSPS) is 24.9. The number of nitrogens with one attached hydrogen (secondary N) is 2. The Labute approximate surface area is 129 Å². The summed E-state index contributed by atoms with van der Waals surface area (Å²) < 4.78 is 26.2. The van der Waals surface area contributed by atoms with Crippen molar-refractivity contribution in [3.8, 4) is 0 Å². The molecule has 8 heteroatoms. The van der Waals surface area contributed by atoms with Gasteiger partial charge in [0.25, 0.3) is 10.0 Å². The van der Waals surface area contributed by atoms with E-state index < -0.39 is 16.1 Å². The number of sulfonamides is 1. The van der Waals surface area contributed by atoms with Crippen LogP contribution in [0.4, 0.5) is 10.5 Å². The summed E-state index contributed by atoms with van der Waals surface area (Å²) in [6.07, 6.45) is 3.63. The van der Waals surface area contributed by atoms with Crippen LogP contribution in [0.5, 0.6) is 0 Å². The second kappa shape index (κ2) is 5.77. The summed E-state index contributed by atoms with van der Waals surface area (Å²) in [5, 5.41) is 1.81. The van der Waals surface area contributed by atoms with Gasteiger partial charge in [-0.3, -0.25) is 5.43 Å². The average molecular weight is 324 g/mol. The SMILES string of the molecule is Nc1ccc(S(=O)(=O)NC(=O)NN2CC3CCCC3C2)cc1. The number of urea groups is 1. The van der Waals surface area contributed by atoms with Gasteiger partial charge in [0.05, 0.1) is 4.90 Å². The minimum Gasteiger partial charge on any atom is -0.399 e. The van der Waals surface area contributed by atoms with E-state index in [-0.39, 0.29) is 4.90 Å². The van der Waals surface area contributed by atoms with Crippen LogP contribution in [0.1, 0.15) is 19.3 Å². The minimum absolute atomic E-state index is 0.00939. The zero-order valence-corrected chi connectivity index (χ0v) is 13.0. The lowest BCUT2D eigenvalue weighted by molar-refractivity contribution is 0.195. The van der Waals surface area contributed by atoms with E-state index in [1.807, 2.05) is 9.73 Å². The van der Waals surface area contributed by atoms with E-state index in [1.165, 1.54) is 43.5 Å². The molecule has 0 spiro atoms. The Morgan fingerprint density at radius 2 is 1.73 bits per heavy atom. The van der Waals surface area contributed by atoms with Crippen LogP contribution >= 0.6 is 0 Å². The maximum absolute atomic E-state index is 12.1. The first-order valence-corrected chi connectivity index (χ1v) is 8.86. The molecule has 1 heterocycles. The summed E-state index contributed by atoms with van der Waals surface area (Å²) in [5.74, 6) is 1.24. The molecular formula is C14H20N4O3S. The molecule has 2 atom stereocenters. The van der Waals surface area contributed by atoms with Crippen LogP contribution in [0.25, 0.3) is 0 Å². The van der Waals surface area contributed by atoms with Crippen molar-refractivity contribution < 1.29 is 13.2 Å². The fourth-order valence-electron chi connectivity index (χ4n) is 3.32. The zero-order valence-electron chi connectivity index (χ0n) is 12.2. The molecule has 0 bridgehead atoms. The molecule has 7 nitrogen and oxygen atoms in total. The zero-order chi connectivity index (χ0) is 15.7. The molecule has 1 aliphatic carbocycles. The Morgan fingerprint density at radius 1 is 1.14 bits per heavy atom. The molecule has 2 aliphatic rings. The van der Waals surface area contributed by atoms with E-state index in [1.54, 1.807) is 0 Å². The molecule has 0 radical (unpaired) electrons. The molecular weight excluding hydrogens is 304 g/mol. The molecule has 1 aliphatic heterocycles. The van der Waals surface area contributed by atoms with Gasteiger partial charge in [-0.1, -0.05) is 6.42 Å². The first-order chi connectivity index (χ1) is 10.4. The Balaban J connectivity index is 1.58. The van der Waals surface area contributed by atoms with Crippen LogP contribution in [0.2, 0.25) is 0 Å². The molecule has 1 aromatic carbocycles. The lowest BCUT2D eigenvalue weighted by Crippen LogP contribution is -2.48. The molecule has 120 valence electrons. The van der Waals surface area contributed by atoms with Crippen LogP contribution in [0.3, 0.4) is 0 Å². The van der Waals surface area contributed by atoms with Gasteiger partial charge in [0.15, 0.2) is 0 Å². The van der Waals surface area contributed by atoms with Crippen molar-refractivity contribution in [2.75, 3.05) is 18.8 Å². The number of carbonyl (C=O) groups excluding carboxylic acids is 1. The number of amides is 2. The maximum atomic E-state index is 12.1. The second-order valence-electron chi connectivity index (χ2n) is 5.97. The summed E-state index contributed by atoms with van der Waals surface area (Å²) >= 11 is 0. The molecule has 1 aromatic rings. The first-order valence-electron chi connectivity index (χ1n) is 7.38. The highest BCUT2D eigenvalue weighted by Crippen LogP contribution is 2.36. The molecule has 2 unspecified atom stereocenters. The molecule has 0 aromatic heterocycles. The smallest absolute Gasteiger partial charge is 0.343 e. The summed E-state index contributed by atoms with van der Waals surface area (Å²) in [7, 11) is -3.88. The molecule has 1 saturated heterocycles. The number of hydrogen-bond donors (Lipinski definition) is 3. The number of hydrazine groups is 1. The Bertz CT molecular complexity index is 647. The molecule has 2 amide bonds. The Hall–Kier alpha value is -1.80. The van der Waals surface area contributed by atoms with Crippen molar-refractivity contribution in [1.82, 2.24) is 15.2 Å². The second-order valence-corrected chi connectivity index (χ2v) is 7.65. The van der Waals surface area contributed by atoms with Gasteiger partial charge in [0.2, 0.25) is 0 Å². The van der Waals surface area contributed by atoms with Crippen LogP contribution < -0.4 is 15.9 Å². The highest BCUT2D eigenvalue weighted by atomic mass is 32.2. The molecule has 3 rings (SSSR count). The number of benzene rings is 1. The Kier molecular flexibility index (Phi) is 3.96. The fraction of sp³-hybridized carbons (Fsp3) is 0.500. The summed E-state index contributed by atoms with van der Waals surface area (Å²) in [5.41, 5.74) is 8.61. The summed E-state index contributed by atoms with van der Waals surface area (Å²) in [6, 6.07) is 4.97. The molecule has 4 N–H and O–H groups in total. The third-order valence-corrected chi connectivity index (χ3v) is 5.75. The predicted molar refractivity (Wildman–Crippen MR) is 82.1 cm³/mol. The highest BCUT2D eigenvalue weighted by Gasteiger charge is 2.36. The number of carbonyl (C=O) groups is 1. The molecule has 22 heavy (non-hydrogen) atoms. The summed E-state index contributed by atoms with van der Waals surface area (Å²) in [6.45, 7) is 1.58. The van der Waals surface area contributed by atoms with E-state index in [2.05, 4.69) is 5.43 Å². The van der Waals surface area contributed by atoms with Gasteiger partial charge >= 0.3 is 6.03 Å². The van der Waals surface area contributed by atoms with Gasteiger partial charge in [-0.25, -0.2) is 22.9 Å². The lowest BCUT2D eigenvalue weighted by Gasteiger charge is -2.18.